The lowest BCUT2D eigenvalue weighted by Gasteiger charge is -2.34. The standard InChI is InChI=1S/C17H16F6N2O2/c1-8-2-5-13(15(27)17(21,22)23)25(8)9-3-4-12-10(6-9)11(16(18,19)20)7-14(26)24-12/h3-4,6-8,13,15,27H,2,5H2,1H3,(H,24,26)/t8-,13-,15-/m1/s1. The molecule has 0 bridgehead atoms. The Balaban J connectivity index is 2.13. The van der Waals surface area contributed by atoms with Crippen LogP contribution in [-0.4, -0.2) is 34.5 Å². The molecule has 1 aromatic carbocycles. The first-order valence-electron chi connectivity index (χ1n) is 8.17. The molecule has 2 heterocycles. The number of fused-ring (bicyclic) bond motifs is 1. The summed E-state index contributed by atoms with van der Waals surface area (Å²) in [5, 5.41) is 9.35. The highest BCUT2D eigenvalue weighted by molar-refractivity contribution is 5.86. The van der Waals surface area contributed by atoms with E-state index in [9.17, 15) is 36.2 Å². The number of hydrogen-bond donors (Lipinski definition) is 2. The summed E-state index contributed by atoms with van der Waals surface area (Å²) >= 11 is 0. The van der Waals surface area contributed by atoms with Gasteiger partial charge in [0.25, 0.3) is 0 Å². The van der Waals surface area contributed by atoms with Gasteiger partial charge in [0.05, 0.1) is 11.6 Å². The number of aliphatic hydroxyl groups excluding tert-OH is 1. The molecule has 148 valence electrons. The van der Waals surface area contributed by atoms with Crippen molar-refractivity contribution in [3.05, 3.63) is 40.2 Å². The van der Waals surface area contributed by atoms with Crippen molar-refractivity contribution in [2.75, 3.05) is 4.90 Å². The number of benzene rings is 1. The molecule has 0 spiro atoms. The van der Waals surface area contributed by atoms with E-state index in [2.05, 4.69) is 4.98 Å². The number of aromatic nitrogens is 1. The van der Waals surface area contributed by atoms with Crippen molar-refractivity contribution < 1.29 is 31.4 Å². The van der Waals surface area contributed by atoms with Gasteiger partial charge >= 0.3 is 12.4 Å². The molecule has 3 rings (SSSR count). The summed E-state index contributed by atoms with van der Waals surface area (Å²) in [6.07, 6.45) is -11.8. The number of aromatic amines is 1. The molecule has 1 aromatic heterocycles. The number of H-pyrrole nitrogens is 1. The third kappa shape index (κ3) is 3.62. The molecule has 2 N–H and O–H groups in total. The second-order valence-corrected chi connectivity index (χ2v) is 6.66. The average molecular weight is 394 g/mol. The molecular formula is C17H16F6N2O2. The van der Waals surface area contributed by atoms with Gasteiger partial charge in [-0.1, -0.05) is 0 Å². The summed E-state index contributed by atoms with van der Waals surface area (Å²) in [7, 11) is 0. The molecular weight excluding hydrogens is 378 g/mol. The molecule has 0 aliphatic carbocycles. The number of aliphatic hydroxyl groups is 1. The van der Waals surface area contributed by atoms with Gasteiger partial charge < -0.3 is 15.0 Å². The van der Waals surface area contributed by atoms with Crippen molar-refractivity contribution in [2.24, 2.45) is 0 Å². The molecule has 1 aliphatic heterocycles. The minimum atomic E-state index is -4.84. The van der Waals surface area contributed by atoms with E-state index in [1.807, 2.05) is 0 Å². The van der Waals surface area contributed by atoms with E-state index in [0.29, 0.717) is 12.5 Å². The summed E-state index contributed by atoms with van der Waals surface area (Å²) in [4.78, 5) is 15.1. The van der Waals surface area contributed by atoms with E-state index in [1.165, 1.54) is 17.0 Å². The van der Waals surface area contributed by atoms with Gasteiger partial charge in [-0.15, -0.1) is 0 Å². The summed E-state index contributed by atoms with van der Waals surface area (Å²) in [5.74, 6) is 0. The maximum absolute atomic E-state index is 13.3. The van der Waals surface area contributed by atoms with Crippen LogP contribution in [0, 0.1) is 0 Å². The van der Waals surface area contributed by atoms with E-state index >= 15 is 0 Å². The fourth-order valence-electron chi connectivity index (χ4n) is 3.63. The van der Waals surface area contributed by atoms with Crippen LogP contribution in [-0.2, 0) is 6.18 Å². The van der Waals surface area contributed by atoms with E-state index in [-0.39, 0.29) is 23.0 Å². The molecule has 0 amide bonds. The molecule has 1 aliphatic rings. The molecule has 0 saturated carbocycles. The zero-order valence-corrected chi connectivity index (χ0v) is 14.0. The van der Waals surface area contributed by atoms with E-state index < -0.39 is 41.7 Å². The van der Waals surface area contributed by atoms with Crippen LogP contribution in [0.25, 0.3) is 10.9 Å². The maximum Gasteiger partial charge on any atom is 0.417 e. The molecule has 2 aromatic rings. The third-order valence-corrected chi connectivity index (χ3v) is 4.84. The number of pyridine rings is 1. The van der Waals surface area contributed by atoms with Crippen LogP contribution in [0.2, 0.25) is 0 Å². The number of alkyl halides is 6. The third-order valence-electron chi connectivity index (χ3n) is 4.84. The predicted octanol–water partition coefficient (Wildman–Crippen LogP) is 3.83. The van der Waals surface area contributed by atoms with Crippen LogP contribution in [0.1, 0.15) is 25.3 Å². The first kappa shape index (κ1) is 19.5. The molecule has 0 radical (unpaired) electrons. The highest BCUT2D eigenvalue weighted by Gasteiger charge is 2.48. The first-order chi connectivity index (χ1) is 12.4. The van der Waals surface area contributed by atoms with Crippen LogP contribution in [0.3, 0.4) is 0 Å². The molecule has 4 nitrogen and oxygen atoms in total. The van der Waals surface area contributed by atoms with Crippen molar-refractivity contribution in [2.45, 2.75) is 50.3 Å². The Bertz CT molecular complexity index is 905. The fourth-order valence-corrected chi connectivity index (χ4v) is 3.63. The Morgan fingerprint density at radius 2 is 1.81 bits per heavy atom. The SMILES string of the molecule is C[C@@H]1CC[C@H]([C@@H](O)C(F)(F)F)N1c1ccc2[nH]c(=O)cc(C(F)(F)F)c2c1. The van der Waals surface area contributed by atoms with Gasteiger partial charge in [0.15, 0.2) is 6.10 Å². The molecule has 1 fully saturated rings. The van der Waals surface area contributed by atoms with E-state index in [4.69, 9.17) is 0 Å². The summed E-state index contributed by atoms with van der Waals surface area (Å²) < 4.78 is 78.8. The van der Waals surface area contributed by atoms with Crippen LogP contribution in [0.5, 0.6) is 0 Å². The Morgan fingerprint density at radius 3 is 2.41 bits per heavy atom. The smallest absolute Gasteiger partial charge is 0.382 e. The number of rotatable bonds is 2. The minimum Gasteiger partial charge on any atom is -0.382 e. The van der Waals surface area contributed by atoms with Crippen molar-refractivity contribution in [3.63, 3.8) is 0 Å². The lowest BCUT2D eigenvalue weighted by Crippen LogP contribution is -2.48. The quantitative estimate of drug-likeness (QED) is 0.762. The summed E-state index contributed by atoms with van der Waals surface area (Å²) in [5.41, 5.74) is -2.04. The normalized spacial score (nSPS) is 22.4. The van der Waals surface area contributed by atoms with Gasteiger partial charge in [-0.25, -0.2) is 0 Å². The Labute approximate surface area is 149 Å². The highest BCUT2D eigenvalue weighted by Crippen LogP contribution is 2.39. The molecule has 3 atom stereocenters. The highest BCUT2D eigenvalue weighted by atomic mass is 19.4. The second kappa shape index (κ2) is 6.43. The van der Waals surface area contributed by atoms with Crippen molar-refractivity contribution in [1.29, 1.82) is 0 Å². The topological polar surface area (TPSA) is 56.3 Å². The van der Waals surface area contributed by atoms with Crippen molar-refractivity contribution >= 4 is 16.6 Å². The maximum atomic E-state index is 13.3. The number of halogens is 6. The van der Waals surface area contributed by atoms with Crippen LogP contribution in [0.4, 0.5) is 32.0 Å². The summed E-state index contributed by atoms with van der Waals surface area (Å²) in [6.45, 7) is 1.64. The van der Waals surface area contributed by atoms with Crippen LogP contribution in [0.15, 0.2) is 29.1 Å². The Kier molecular flexibility index (Phi) is 4.65. The zero-order valence-electron chi connectivity index (χ0n) is 14.0. The Morgan fingerprint density at radius 1 is 1.15 bits per heavy atom. The van der Waals surface area contributed by atoms with Gasteiger partial charge in [-0.3, -0.25) is 4.79 Å². The average Bonchev–Trinajstić information content (AvgIpc) is 2.92. The van der Waals surface area contributed by atoms with Crippen LogP contribution < -0.4 is 10.5 Å². The summed E-state index contributed by atoms with van der Waals surface area (Å²) in [6, 6.07) is 2.39. The number of nitrogens with one attached hydrogen (secondary N) is 1. The van der Waals surface area contributed by atoms with Crippen molar-refractivity contribution in [3.8, 4) is 0 Å². The molecule has 10 heteroatoms. The monoisotopic (exact) mass is 394 g/mol. The lowest BCUT2D eigenvalue weighted by atomic mass is 10.0. The van der Waals surface area contributed by atoms with E-state index in [0.717, 1.165) is 6.07 Å². The first-order valence-corrected chi connectivity index (χ1v) is 8.17. The number of anilines is 1. The largest absolute Gasteiger partial charge is 0.417 e. The van der Waals surface area contributed by atoms with Crippen LogP contribution >= 0.6 is 0 Å². The van der Waals surface area contributed by atoms with E-state index in [1.54, 1.807) is 6.92 Å². The second-order valence-electron chi connectivity index (χ2n) is 6.66. The minimum absolute atomic E-state index is 0.0532. The van der Waals surface area contributed by atoms with Gasteiger partial charge in [0.1, 0.15) is 0 Å². The van der Waals surface area contributed by atoms with Gasteiger partial charge in [-0.2, -0.15) is 26.3 Å². The predicted molar refractivity (Wildman–Crippen MR) is 86.6 cm³/mol. The fraction of sp³-hybridized carbons (Fsp3) is 0.471. The molecule has 1 saturated heterocycles. The molecule has 27 heavy (non-hydrogen) atoms. The number of hydrogen-bond acceptors (Lipinski definition) is 3. The number of nitrogens with zero attached hydrogens (tertiary/aromatic N) is 1. The van der Waals surface area contributed by atoms with Gasteiger partial charge in [0.2, 0.25) is 5.56 Å². The van der Waals surface area contributed by atoms with Gasteiger partial charge in [0, 0.05) is 28.7 Å². The van der Waals surface area contributed by atoms with Crippen molar-refractivity contribution in [1.82, 2.24) is 4.98 Å². The lowest BCUT2D eigenvalue weighted by molar-refractivity contribution is -0.209. The van der Waals surface area contributed by atoms with Gasteiger partial charge in [-0.05, 0) is 38.0 Å². The Hall–Kier alpha value is -2.23. The molecule has 0 unspecified atom stereocenters. The zero-order chi connectivity index (χ0) is 20.1.